The quantitative estimate of drug-likeness (QED) is 0.717. The third kappa shape index (κ3) is 3.17. The van der Waals surface area contributed by atoms with Gasteiger partial charge in [-0.15, -0.1) is 10.2 Å². The van der Waals surface area contributed by atoms with Crippen LogP contribution in [0.15, 0.2) is 33.2 Å². The van der Waals surface area contributed by atoms with E-state index in [9.17, 15) is 0 Å². The Balaban J connectivity index is 1.51. The molecule has 5 rings (SSSR count). The van der Waals surface area contributed by atoms with Crippen LogP contribution in [0.4, 0.5) is 5.69 Å². The molecule has 4 heterocycles. The molecular formula is C17H18Br2N4O. The lowest BCUT2D eigenvalue weighted by molar-refractivity contribution is -0.0103. The highest BCUT2D eigenvalue weighted by Crippen LogP contribution is 2.34. The third-order valence-corrected chi connectivity index (χ3v) is 6.20. The molecule has 0 saturated carbocycles. The molecule has 3 aliphatic heterocycles. The molecule has 5 nitrogen and oxygen atoms in total. The highest BCUT2D eigenvalue weighted by molar-refractivity contribution is 9.11. The highest BCUT2D eigenvalue weighted by Gasteiger charge is 2.35. The summed E-state index contributed by atoms with van der Waals surface area (Å²) in [7, 11) is 0. The summed E-state index contributed by atoms with van der Waals surface area (Å²) in [5.74, 6) is 1.26. The van der Waals surface area contributed by atoms with Gasteiger partial charge >= 0.3 is 0 Å². The van der Waals surface area contributed by atoms with E-state index >= 15 is 0 Å². The summed E-state index contributed by atoms with van der Waals surface area (Å²) in [6.07, 6.45) is 2.69. The molecule has 3 saturated heterocycles. The van der Waals surface area contributed by atoms with Gasteiger partial charge in [-0.05, 0) is 81.9 Å². The smallest absolute Gasteiger partial charge is 0.233 e. The summed E-state index contributed by atoms with van der Waals surface area (Å²) in [6, 6.07) is 7.72. The number of piperidine rings is 3. The summed E-state index contributed by atoms with van der Waals surface area (Å²) in [4.78, 5) is 2.47. The molecule has 0 spiro atoms. The first-order valence-electron chi connectivity index (χ1n) is 8.08. The molecule has 0 amide bonds. The summed E-state index contributed by atoms with van der Waals surface area (Å²) in [5.41, 5.74) is 8.35. The van der Waals surface area contributed by atoms with Crippen molar-refractivity contribution in [3.05, 3.63) is 33.2 Å². The third-order valence-electron chi connectivity index (χ3n) is 4.88. The van der Waals surface area contributed by atoms with Gasteiger partial charge in [-0.3, -0.25) is 4.90 Å². The van der Waals surface area contributed by atoms with Gasteiger partial charge in [-0.25, -0.2) is 0 Å². The standard InChI is InChI=1S/C17H18Br2N4O/c18-12-7-11(8-13(19)17(12)20)14-1-2-16(22-21-14)24-15-9-23-5-3-10(15)4-6-23/h1-2,7-8,10,15H,3-6,9,20H2/t15-/m0/s1. The van der Waals surface area contributed by atoms with Crippen LogP contribution in [0.1, 0.15) is 12.8 Å². The molecule has 2 N–H and O–H groups in total. The Hall–Kier alpha value is -1.18. The summed E-state index contributed by atoms with van der Waals surface area (Å²) in [6.45, 7) is 3.41. The molecule has 3 aliphatic rings. The predicted molar refractivity (Wildman–Crippen MR) is 101 cm³/mol. The van der Waals surface area contributed by atoms with Gasteiger partial charge in [0.15, 0.2) is 0 Å². The summed E-state index contributed by atoms with van der Waals surface area (Å²) in [5, 5.41) is 8.58. The minimum Gasteiger partial charge on any atom is -0.472 e. The normalized spacial score (nSPS) is 25.7. The van der Waals surface area contributed by atoms with Crippen LogP contribution < -0.4 is 10.5 Å². The largest absolute Gasteiger partial charge is 0.472 e. The van der Waals surface area contributed by atoms with Gasteiger partial charge in [-0.1, -0.05) is 0 Å². The van der Waals surface area contributed by atoms with Crippen molar-refractivity contribution in [2.75, 3.05) is 25.4 Å². The van der Waals surface area contributed by atoms with E-state index in [1.54, 1.807) is 0 Å². The van der Waals surface area contributed by atoms with Crippen molar-refractivity contribution in [3.8, 4) is 17.1 Å². The maximum Gasteiger partial charge on any atom is 0.233 e. The van der Waals surface area contributed by atoms with Crippen molar-refractivity contribution in [1.82, 2.24) is 15.1 Å². The average molecular weight is 454 g/mol. The molecule has 2 aromatic rings. The van der Waals surface area contributed by atoms with E-state index < -0.39 is 0 Å². The van der Waals surface area contributed by atoms with Crippen molar-refractivity contribution >= 4 is 37.5 Å². The molecule has 126 valence electrons. The first-order valence-corrected chi connectivity index (χ1v) is 9.66. The van der Waals surface area contributed by atoms with Gasteiger partial charge in [0.1, 0.15) is 6.10 Å². The van der Waals surface area contributed by atoms with Crippen LogP contribution in [0.2, 0.25) is 0 Å². The maximum atomic E-state index is 6.09. The van der Waals surface area contributed by atoms with Crippen LogP contribution in [0, 0.1) is 5.92 Å². The van der Waals surface area contributed by atoms with Gasteiger partial charge in [0.25, 0.3) is 0 Å². The van der Waals surface area contributed by atoms with Crippen LogP contribution in [0.25, 0.3) is 11.3 Å². The Morgan fingerprint density at radius 1 is 1.08 bits per heavy atom. The van der Waals surface area contributed by atoms with Crippen molar-refractivity contribution in [3.63, 3.8) is 0 Å². The molecule has 24 heavy (non-hydrogen) atoms. The van der Waals surface area contributed by atoms with E-state index in [0.29, 0.717) is 17.5 Å². The number of benzene rings is 1. The van der Waals surface area contributed by atoms with E-state index in [-0.39, 0.29) is 6.10 Å². The van der Waals surface area contributed by atoms with Crippen LogP contribution in [0.5, 0.6) is 5.88 Å². The Morgan fingerprint density at radius 3 is 2.33 bits per heavy atom. The van der Waals surface area contributed by atoms with E-state index in [1.807, 2.05) is 24.3 Å². The number of anilines is 1. The number of nitrogens with two attached hydrogens (primary N) is 1. The number of nitrogen functional groups attached to an aromatic ring is 1. The molecule has 0 radical (unpaired) electrons. The Bertz CT molecular complexity index is 722. The van der Waals surface area contributed by atoms with Crippen molar-refractivity contribution in [2.24, 2.45) is 5.92 Å². The number of fused-ring (bicyclic) bond motifs is 3. The van der Waals surface area contributed by atoms with Gasteiger partial charge in [0, 0.05) is 27.1 Å². The molecule has 0 unspecified atom stereocenters. The maximum absolute atomic E-state index is 6.09. The van der Waals surface area contributed by atoms with Crippen molar-refractivity contribution in [1.29, 1.82) is 0 Å². The summed E-state index contributed by atoms with van der Waals surface area (Å²) < 4.78 is 7.76. The second-order valence-corrected chi connectivity index (χ2v) is 8.11. The molecule has 7 heteroatoms. The Morgan fingerprint density at radius 2 is 1.79 bits per heavy atom. The van der Waals surface area contributed by atoms with Gasteiger partial charge < -0.3 is 10.5 Å². The number of nitrogens with zero attached hydrogens (tertiary/aromatic N) is 3. The zero-order valence-electron chi connectivity index (χ0n) is 13.1. The predicted octanol–water partition coefficient (Wildman–Crippen LogP) is 3.72. The van der Waals surface area contributed by atoms with E-state index in [4.69, 9.17) is 10.5 Å². The van der Waals surface area contributed by atoms with Gasteiger partial charge in [-0.2, -0.15) is 0 Å². The van der Waals surface area contributed by atoms with Crippen molar-refractivity contribution < 1.29 is 4.74 Å². The topological polar surface area (TPSA) is 64.3 Å². The fraction of sp³-hybridized carbons (Fsp3) is 0.412. The monoisotopic (exact) mass is 452 g/mol. The SMILES string of the molecule is Nc1c(Br)cc(-c2ccc(O[C@H]3CN4CCC3CC4)nn2)cc1Br. The van der Waals surface area contributed by atoms with Crippen LogP contribution >= 0.6 is 31.9 Å². The Labute approximate surface area is 157 Å². The number of hydrogen-bond acceptors (Lipinski definition) is 5. The average Bonchev–Trinajstić information content (AvgIpc) is 2.61. The lowest BCUT2D eigenvalue weighted by Crippen LogP contribution is -2.52. The minimum atomic E-state index is 0.243. The molecular weight excluding hydrogens is 436 g/mol. The lowest BCUT2D eigenvalue weighted by atomic mass is 9.86. The molecule has 0 aliphatic carbocycles. The van der Waals surface area contributed by atoms with E-state index in [2.05, 4.69) is 47.0 Å². The first kappa shape index (κ1) is 16.3. The highest BCUT2D eigenvalue weighted by atomic mass is 79.9. The molecule has 1 aromatic carbocycles. The fourth-order valence-corrected chi connectivity index (χ4v) is 4.65. The van der Waals surface area contributed by atoms with Crippen molar-refractivity contribution in [2.45, 2.75) is 18.9 Å². The number of aromatic nitrogens is 2. The molecule has 1 aromatic heterocycles. The zero-order chi connectivity index (χ0) is 16.7. The van der Waals surface area contributed by atoms with Crippen LogP contribution in [-0.4, -0.2) is 40.8 Å². The second kappa shape index (κ2) is 6.61. The number of hydrogen-bond donors (Lipinski definition) is 1. The van der Waals surface area contributed by atoms with Crippen LogP contribution in [0.3, 0.4) is 0 Å². The molecule has 3 fully saturated rings. The lowest BCUT2D eigenvalue weighted by Gasteiger charge is -2.44. The summed E-state index contributed by atoms with van der Waals surface area (Å²) >= 11 is 6.92. The van der Waals surface area contributed by atoms with Gasteiger partial charge in [0.2, 0.25) is 5.88 Å². The van der Waals surface area contributed by atoms with Crippen LogP contribution in [-0.2, 0) is 0 Å². The Kier molecular flexibility index (Phi) is 4.49. The first-order chi connectivity index (χ1) is 11.6. The van der Waals surface area contributed by atoms with E-state index in [0.717, 1.165) is 26.7 Å². The van der Waals surface area contributed by atoms with E-state index in [1.165, 1.54) is 25.9 Å². The number of rotatable bonds is 3. The fourth-order valence-electron chi connectivity index (χ4n) is 3.47. The molecule has 1 atom stereocenters. The number of ether oxygens (including phenoxy) is 1. The van der Waals surface area contributed by atoms with Gasteiger partial charge in [0.05, 0.1) is 11.4 Å². The second-order valence-electron chi connectivity index (χ2n) is 6.40. The zero-order valence-corrected chi connectivity index (χ0v) is 16.3. The molecule has 2 bridgehead atoms. The number of halogens is 2. The minimum absolute atomic E-state index is 0.243.